The molecule has 2 aromatic rings. The first-order valence-corrected chi connectivity index (χ1v) is 6.34. The molecule has 0 bridgehead atoms. The highest BCUT2D eigenvalue weighted by atomic mass is 32.2. The molecule has 1 heterocycles. The van der Waals surface area contributed by atoms with Crippen molar-refractivity contribution in [2.24, 2.45) is 0 Å². The van der Waals surface area contributed by atoms with Crippen molar-refractivity contribution in [1.29, 1.82) is 0 Å². The molecule has 3 rings (SSSR count). The number of hydrogen-bond donors (Lipinski definition) is 1. The summed E-state index contributed by atoms with van der Waals surface area (Å²) in [5.74, 6) is 0.986. The summed E-state index contributed by atoms with van der Waals surface area (Å²) >= 11 is 1.30. The highest BCUT2D eigenvalue weighted by Gasteiger charge is 2.15. The third-order valence-electron chi connectivity index (χ3n) is 2.91. The number of aryl methyl sites for hydroxylation is 1. The molecule has 0 aliphatic carbocycles. The molecule has 0 spiro atoms. The van der Waals surface area contributed by atoms with E-state index in [1.54, 1.807) is 0 Å². The molecule has 0 saturated heterocycles. The third kappa shape index (κ3) is 2.04. The van der Waals surface area contributed by atoms with Gasteiger partial charge in [0, 0.05) is 17.7 Å². The van der Waals surface area contributed by atoms with Crippen molar-refractivity contribution < 1.29 is 4.18 Å². The Labute approximate surface area is 105 Å². The van der Waals surface area contributed by atoms with Crippen molar-refractivity contribution >= 4 is 12.2 Å². The highest BCUT2D eigenvalue weighted by Crippen LogP contribution is 2.37. The fraction of sp³-hybridized carbons (Fsp3) is 0.143. The van der Waals surface area contributed by atoms with Crippen molar-refractivity contribution in [2.45, 2.75) is 13.5 Å². The van der Waals surface area contributed by atoms with Crippen molar-refractivity contribution in [1.82, 2.24) is 4.72 Å². The quantitative estimate of drug-likeness (QED) is 0.609. The van der Waals surface area contributed by atoms with Crippen LogP contribution in [0.15, 0.2) is 42.5 Å². The van der Waals surface area contributed by atoms with E-state index < -0.39 is 0 Å². The Morgan fingerprint density at radius 3 is 2.76 bits per heavy atom. The average Bonchev–Trinajstić information content (AvgIpc) is 2.39. The highest BCUT2D eigenvalue weighted by molar-refractivity contribution is 7.93. The lowest BCUT2D eigenvalue weighted by molar-refractivity contribution is 0.602. The van der Waals surface area contributed by atoms with E-state index in [9.17, 15) is 0 Å². The van der Waals surface area contributed by atoms with Gasteiger partial charge in [-0.2, -0.15) is 0 Å². The molecule has 0 amide bonds. The van der Waals surface area contributed by atoms with Gasteiger partial charge < -0.3 is 4.18 Å². The third-order valence-corrected chi connectivity index (χ3v) is 3.42. The predicted octanol–water partition coefficient (Wildman–Crippen LogP) is 3.71. The summed E-state index contributed by atoms with van der Waals surface area (Å²) in [5.41, 5.74) is 4.85. The molecule has 0 radical (unpaired) electrons. The van der Waals surface area contributed by atoms with Gasteiger partial charge >= 0.3 is 0 Å². The zero-order valence-corrected chi connectivity index (χ0v) is 10.4. The lowest BCUT2D eigenvalue weighted by atomic mass is 10.0. The number of para-hydroxylation sites is 1. The van der Waals surface area contributed by atoms with Crippen LogP contribution in [0.4, 0.5) is 0 Å². The van der Waals surface area contributed by atoms with Crippen LogP contribution in [0.5, 0.6) is 5.75 Å². The van der Waals surface area contributed by atoms with Gasteiger partial charge in [-0.25, -0.2) is 4.72 Å². The molecule has 0 atom stereocenters. The van der Waals surface area contributed by atoms with Crippen LogP contribution in [0.2, 0.25) is 0 Å². The molecular formula is C14H13NOS. The topological polar surface area (TPSA) is 21.3 Å². The van der Waals surface area contributed by atoms with Gasteiger partial charge in [-0.05, 0) is 12.5 Å². The molecule has 1 aliphatic rings. The van der Waals surface area contributed by atoms with Gasteiger partial charge in [-0.1, -0.05) is 48.0 Å². The number of fused-ring (bicyclic) bond motifs is 1. The van der Waals surface area contributed by atoms with E-state index in [2.05, 4.69) is 54.1 Å². The van der Waals surface area contributed by atoms with Gasteiger partial charge in [-0.15, -0.1) is 0 Å². The van der Waals surface area contributed by atoms with Crippen molar-refractivity contribution in [3.63, 3.8) is 0 Å². The van der Waals surface area contributed by atoms with E-state index in [1.165, 1.54) is 28.9 Å². The summed E-state index contributed by atoms with van der Waals surface area (Å²) in [5, 5.41) is 0. The largest absolute Gasteiger partial charge is 0.409 e. The minimum atomic E-state index is 0.847. The normalized spacial score (nSPS) is 13.9. The van der Waals surface area contributed by atoms with E-state index in [0.717, 1.165) is 17.9 Å². The zero-order chi connectivity index (χ0) is 11.7. The lowest BCUT2D eigenvalue weighted by Crippen LogP contribution is -2.12. The molecule has 86 valence electrons. The first kappa shape index (κ1) is 10.7. The fourth-order valence-corrected chi connectivity index (χ4v) is 2.51. The van der Waals surface area contributed by atoms with Crippen LogP contribution < -0.4 is 8.91 Å². The van der Waals surface area contributed by atoms with Gasteiger partial charge in [0.15, 0.2) is 5.75 Å². The van der Waals surface area contributed by atoms with Crippen molar-refractivity contribution in [3.05, 3.63) is 53.6 Å². The number of rotatable bonds is 1. The van der Waals surface area contributed by atoms with Crippen molar-refractivity contribution in [3.8, 4) is 16.9 Å². The van der Waals surface area contributed by atoms with Gasteiger partial charge in [0.1, 0.15) is 12.2 Å². The van der Waals surface area contributed by atoms with Gasteiger partial charge in [0.2, 0.25) is 0 Å². The van der Waals surface area contributed by atoms with Crippen LogP contribution in [0.1, 0.15) is 11.1 Å². The van der Waals surface area contributed by atoms with Crippen LogP contribution in [-0.2, 0) is 6.54 Å². The maximum Gasteiger partial charge on any atom is 0.151 e. The number of nitrogens with one attached hydrogen (secondary N) is 1. The second-order valence-electron chi connectivity index (χ2n) is 4.15. The Morgan fingerprint density at radius 2 is 1.94 bits per heavy atom. The molecule has 0 unspecified atom stereocenters. The minimum absolute atomic E-state index is 0.847. The second-order valence-corrected chi connectivity index (χ2v) is 4.77. The molecule has 0 aromatic heterocycles. The van der Waals surface area contributed by atoms with Crippen molar-refractivity contribution in [2.75, 3.05) is 0 Å². The monoisotopic (exact) mass is 243 g/mol. The van der Waals surface area contributed by atoms with Crippen LogP contribution in [0, 0.1) is 6.92 Å². The molecule has 2 aromatic carbocycles. The molecule has 0 saturated carbocycles. The van der Waals surface area contributed by atoms with E-state index >= 15 is 0 Å². The number of benzene rings is 2. The maximum absolute atomic E-state index is 5.64. The van der Waals surface area contributed by atoms with Crippen LogP contribution in [0.25, 0.3) is 11.1 Å². The Bertz CT molecular complexity index is 536. The molecule has 17 heavy (non-hydrogen) atoms. The Morgan fingerprint density at radius 1 is 1.12 bits per heavy atom. The standard InChI is InChI=1S/C14H13NOS/c1-10-5-7-11(8-6-10)13-4-2-3-12-9-15-17-16-14(12)13/h2-8,15H,9H2,1H3. The molecule has 3 heteroatoms. The summed E-state index contributed by atoms with van der Waals surface area (Å²) in [6.45, 7) is 2.94. The molecular weight excluding hydrogens is 230 g/mol. The van der Waals surface area contributed by atoms with E-state index in [1.807, 2.05) is 0 Å². The number of hydrogen-bond acceptors (Lipinski definition) is 3. The maximum atomic E-state index is 5.64. The zero-order valence-electron chi connectivity index (χ0n) is 9.57. The average molecular weight is 243 g/mol. The molecule has 1 N–H and O–H groups in total. The van der Waals surface area contributed by atoms with Crippen LogP contribution in [-0.4, -0.2) is 0 Å². The lowest BCUT2D eigenvalue weighted by Gasteiger charge is -2.19. The minimum Gasteiger partial charge on any atom is -0.409 e. The summed E-state index contributed by atoms with van der Waals surface area (Å²) in [7, 11) is 0. The fourth-order valence-electron chi connectivity index (χ4n) is 1.96. The first-order valence-electron chi connectivity index (χ1n) is 5.60. The van der Waals surface area contributed by atoms with E-state index in [0.29, 0.717) is 0 Å². The smallest absolute Gasteiger partial charge is 0.151 e. The van der Waals surface area contributed by atoms with Crippen LogP contribution >= 0.6 is 12.2 Å². The Kier molecular flexibility index (Phi) is 2.79. The predicted molar refractivity (Wildman–Crippen MR) is 71.7 cm³/mol. The SMILES string of the molecule is Cc1ccc(-c2cccc3c2OSNC3)cc1. The summed E-state index contributed by atoms with van der Waals surface area (Å²) in [6, 6.07) is 14.8. The molecule has 0 fully saturated rings. The van der Waals surface area contributed by atoms with Gasteiger partial charge in [-0.3, -0.25) is 0 Å². The van der Waals surface area contributed by atoms with Crippen LogP contribution in [0.3, 0.4) is 0 Å². The first-order chi connectivity index (χ1) is 8.34. The second kappa shape index (κ2) is 4.43. The molecule has 2 nitrogen and oxygen atoms in total. The van der Waals surface area contributed by atoms with E-state index in [4.69, 9.17) is 4.18 Å². The van der Waals surface area contributed by atoms with Gasteiger partial charge in [0.25, 0.3) is 0 Å². The summed E-state index contributed by atoms with van der Waals surface area (Å²) in [4.78, 5) is 0. The Hall–Kier alpha value is -1.45. The van der Waals surface area contributed by atoms with Gasteiger partial charge in [0.05, 0.1) is 0 Å². The summed E-state index contributed by atoms with van der Waals surface area (Å²) in [6.07, 6.45) is 0. The molecule has 1 aliphatic heterocycles. The van der Waals surface area contributed by atoms with E-state index in [-0.39, 0.29) is 0 Å². The summed E-state index contributed by atoms with van der Waals surface area (Å²) < 4.78 is 8.77. The Balaban J connectivity index is 2.11.